The van der Waals surface area contributed by atoms with Gasteiger partial charge in [-0.2, -0.15) is 0 Å². The number of carbonyl (C=O) groups is 2. The zero-order valence-electron chi connectivity index (χ0n) is 18.4. The van der Waals surface area contributed by atoms with Gasteiger partial charge in [0, 0.05) is 11.5 Å². The van der Waals surface area contributed by atoms with Crippen molar-refractivity contribution in [2.75, 3.05) is 0 Å². The highest BCUT2D eigenvalue weighted by Crippen LogP contribution is 2.57. The maximum atomic E-state index is 13.6. The lowest BCUT2D eigenvalue weighted by atomic mass is 9.73. The van der Waals surface area contributed by atoms with Gasteiger partial charge in [-0.15, -0.1) is 0 Å². The van der Waals surface area contributed by atoms with E-state index in [0.717, 1.165) is 39.8 Å². The standard InChI is InChI=1S/C27H25NO4/c1-13-10-14(2)20(15(3)11-13)22-24(29)21-19-12-18(26(32-19)23(21)25(22)30)16-4-6-17(7-5-16)27-28-8-9-31-27/h4-11,18-19,21-23,26H,12H2,1-3H3/t18-,19-,21-,22?,23+,26+/m0/s1. The lowest BCUT2D eigenvalue weighted by Gasteiger charge is -2.26. The van der Waals surface area contributed by atoms with Crippen LogP contribution in [-0.4, -0.2) is 28.8 Å². The minimum atomic E-state index is -0.648. The Morgan fingerprint density at radius 2 is 1.62 bits per heavy atom. The van der Waals surface area contributed by atoms with Gasteiger partial charge in [0.2, 0.25) is 5.89 Å². The Balaban J connectivity index is 1.31. The molecule has 2 saturated heterocycles. The summed E-state index contributed by atoms with van der Waals surface area (Å²) in [6.07, 6.45) is 3.56. The van der Waals surface area contributed by atoms with Crippen molar-refractivity contribution in [2.24, 2.45) is 11.8 Å². The third-order valence-corrected chi connectivity index (χ3v) is 7.63. The lowest BCUT2D eigenvalue weighted by molar-refractivity contribution is -0.127. The maximum Gasteiger partial charge on any atom is 0.225 e. The third kappa shape index (κ3) is 2.70. The summed E-state index contributed by atoms with van der Waals surface area (Å²) in [7, 11) is 0. The topological polar surface area (TPSA) is 69.4 Å². The normalized spacial score (nSPS) is 30.8. The van der Waals surface area contributed by atoms with E-state index < -0.39 is 5.92 Å². The number of rotatable bonds is 3. The molecular weight excluding hydrogens is 402 g/mol. The molecule has 1 aliphatic carbocycles. The Kier molecular flexibility index (Phi) is 4.28. The second kappa shape index (κ2) is 6.97. The summed E-state index contributed by atoms with van der Waals surface area (Å²) >= 11 is 0. The SMILES string of the molecule is Cc1cc(C)c(C2C(=O)[C@@H]3[C@@H]4O[C@@H](C[C@H]4c4ccc(-c5ncco5)cc4)[C@@H]3C2=O)c(C)c1. The van der Waals surface area contributed by atoms with Crippen LogP contribution < -0.4 is 0 Å². The summed E-state index contributed by atoms with van der Waals surface area (Å²) in [6.45, 7) is 6.06. The fraction of sp³-hybridized carbons (Fsp3) is 0.370. The van der Waals surface area contributed by atoms with E-state index in [1.54, 1.807) is 12.5 Å². The summed E-state index contributed by atoms with van der Waals surface area (Å²) in [6, 6.07) is 12.3. The Bertz CT molecular complexity index is 1200. The van der Waals surface area contributed by atoms with E-state index >= 15 is 0 Å². The van der Waals surface area contributed by atoms with E-state index in [4.69, 9.17) is 9.15 Å². The van der Waals surface area contributed by atoms with Crippen molar-refractivity contribution in [3.63, 3.8) is 0 Å². The van der Waals surface area contributed by atoms with Gasteiger partial charge in [-0.25, -0.2) is 4.98 Å². The third-order valence-electron chi connectivity index (χ3n) is 7.63. The number of aromatic nitrogens is 1. The van der Waals surface area contributed by atoms with E-state index in [1.165, 1.54) is 0 Å². The van der Waals surface area contributed by atoms with Crippen molar-refractivity contribution in [1.29, 1.82) is 0 Å². The molecule has 1 saturated carbocycles. The Morgan fingerprint density at radius 3 is 2.28 bits per heavy atom. The van der Waals surface area contributed by atoms with Crippen molar-refractivity contribution >= 4 is 11.6 Å². The molecular formula is C27H25NO4. The molecule has 3 aromatic rings. The number of ketones is 2. The molecule has 2 aliphatic heterocycles. The summed E-state index contributed by atoms with van der Waals surface area (Å²) in [5, 5.41) is 0. The van der Waals surface area contributed by atoms with Crippen LogP contribution in [0.2, 0.25) is 0 Å². The van der Waals surface area contributed by atoms with E-state index in [2.05, 4.69) is 29.2 Å². The molecule has 0 spiro atoms. The molecule has 0 N–H and O–H groups in total. The minimum Gasteiger partial charge on any atom is -0.445 e. The predicted octanol–water partition coefficient (Wildman–Crippen LogP) is 4.69. The number of ether oxygens (including phenoxy) is 1. The molecule has 6 rings (SSSR count). The monoisotopic (exact) mass is 427 g/mol. The molecule has 0 amide bonds. The molecule has 3 aliphatic rings. The summed E-state index contributed by atoms with van der Waals surface area (Å²) in [5.74, 6) is -0.489. The number of fused-ring (bicyclic) bond motifs is 5. The zero-order chi connectivity index (χ0) is 22.1. The van der Waals surface area contributed by atoms with E-state index in [9.17, 15) is 9.59 Å². The van der Waals surface area contributed by atoms with Crippen LogP contribution in [0.1, 0.15) is 46.1 Å². The fourth-order valence-corrected chi connectivity index (χ4v) is 6.46. The van der Waals surface area contributed by atoms with Crippen LogP contribution in [-0.2, 0) is 14.3 Å². The van der Waals surface area contributed by atoms with Crippen molar-refractivity contribution in [3.05, 3.63) is 76.7 Å². The van der Waals surface area contributed by atoms with Gasteiger partial charge < -0.3 is 9.15 Å². The molecule has 0 radical (unpaired) electrons. The molecule has 2 bridgehead atoms. The van der Waals surface area contributed by atoms with Gasteiger partial charge >= 0.3 is 0 Å². The lowest BCUT2D eigenvalue weighted by Crippen LogP contribution is -2.34. The molecule has 2 aromatic carbocycles. The Labute approximate surface area is 186 Å². The highest BCUT2D eigenvalue weighted by molar-refractivity contribution is 6.17. The van der Waals surface area contributed by atoms with Crippen LogP contribution >= 0.6 is 0 Å². The molecule has 32 heavy (non-hydrogen) atoms. The number of hydrogen-bond acceptors (Lipinski definition) is 5. The van der Waals surface area contributed by atoms with Gasteiger partial charge in [0.05, 0.1) is 30.2 Å². The molecule has 6 atom stereocenters. The number of hydrogen-bond donors (Lipinski definition) is 0. The number of Topliss-reactive ketones (excluding diaryl/α,β-unsaturated/α-hetero) is 2. The fourth-order valence-electron chi connectivity index (χ4n) is 6.46. The molecule has 162 valence electrons. The number of carbonyl (C=O) groups excluding carboxylic acids is 2. The molecule has 3 heterocycles. The van der Waals surface area contributed by atoms with Crippen LogP contribution in [0.4, 0.5) is 0 Å². The van der Waals surface area contributed by atoms with Crippen molar-refractivity contribution in [3.8, 4) is 11.5 Å². The van der Waals surface area contributed by atoms with Crippen LogP contribution in [0.15, 0.2) is 53.3 Å². The molecule has 5 heteroatoms. The molecule has 5 nitrogen and oxygen atoms in total. The predicted molar refractivity (Wildman–Crippen MR) is 118 cm³/mol. The minimum absolute atomic E-state index is 0.0451. The average Bonchev–Trinajstić information content (AvgIpc) is 3.54. The van der Waals surface area contributed by atoms with Gasteiger partial charge in [0.1, 0.15) is 12.2 Å². The quantitative estimate of drug-likeness (QED) is 0.567. The second-order valence-electron chi connectivity index (χ2n) is 9.54. The highest BCUT2D eigenvalue weighted by atomic mass is 16.5. The van der Waals surface area contributed by atoms with Crippen LogP contribution in [0.3, 0.4) is 0 Å². The average molecular weight is 428 g/mol. The van der Waals surface area contributed by atoms with Gasteiger partial charge in [-0.1, -0.05) is 29.8 Å². The number of benzene rings is 2. The van der Waals surface area contributed by atoms with Crippen LogP contribution in [0, 0.1) is 32.6 Å². The van der Waals surface area contributed by atoms with Crippen LogP contribution in [0.5, 0.6) is 0 Å². The number of oxazole rings is 1. The second-order valence-corrected chi connectivity index (χ2v) is 9.54. The van der Waals surface area contributed by atoms with E-state index in [1.807, 2.05) is 32.9 Å². The van der Waals surface area contributed by atoms with Crippen LogP contribution in [0.25, 0.3) is 11.5 Å². The van der Waals surface area contributed by atoms with Gasteiger partial charge in [-0.05, 0) is 61.6 Å². The largest absolute Gasteiger partial charge is 0.445 e. The molecule has 3 fully saturated rings. The summed E-state index contributed by atoms with van der Waals surface area (Å²) < 4.78 is 11.6. The number of aryl methyl sites for hydroxylation is 3. The maximum absolute atomic E-state index is 13.6. The first kappa shape index (κ1) is 19.6. The van der Waals surface area contributed by atoms with Crippen molar-refractivity contribution in [1.82, 2.24) is 4.98 Å². The summed E-state index contributed by atoms with van der Waals surface area (Å²) in [5.41, 5.74) is 6.17. The van der Waals surface area contributed by atoms with Gasteiger partial charge in [0.15, 0.2) is 11.6 Å². The van der Waals surface area contributed by atoms with Crippen molar-refractivity contribution < 1.29 is 18.7 Å². The Morgan fingerprint density at radius 1 is 0.938 bits per heavy atom. The zero-order valence-corrected chi connectivity index (χ0v) is 18.4. The highest BCUT2D eigenvalue weighted by Gasteiger charge is 2.66. The van der Waals surface area contributed by atoms with E-state index in [0.29, 0.717) is 5.89 Å². The van der Waals surface area contributed by atoms with Gasteiger partial charge in [0.25, 0.3) is 0 Å². The molecule has 1 aromatic heterocycles. The first-order chi connectivity index (χ1) is 15.4. The van der Waals surface area contributed by atoms with E-state index in [-0.39, 0.29) is 41.5 Å². The first-order valence-electron chi connectivity index (χ1n) is 11.2. The number of nitrogens with zero attached hydrogens (tertiary/aromatic N) is 1. The van der Waals surface area contributed by atoms with Crippen molar-refractivity contribution in [2.45, 2.75) is 51.2 Å². The van der Waals surface area contributed by atoms with Gasteiger partial charge in [-0.3, -0.25) is 9.59 Å². The summed E-state index contributed by atoms with van der Waals surface area (Å²) in [4.78, 5) is 31.3. The first-order valence-corrected chi connectivity index (χ1v) is 11.2. The smallest absolute Gasteiger partial charge is 0.225 e. The Hall–Kier alpha value is -3.05. The molecule has 1 unspecified atom stereocenters.